The molecule has 0 spiro atoms. The van der Waals surface area contributed by atoms with Gasteiger partial charge in [-0.15, -0.1) is 0 Å². The number of quaternary nitrogens is 1. The number of hydrogen-bond donors (Lipinski definition) is 2. The molecule has 0 unspecified atom stereocenters. The van der Waals surface area contributed by atoms with Crippen LogP contribution >= 0.6 is 0 Å². The van der Waals surface area contributed by atoms with E-state index in [-0.39, 0.29) is 0 Å². The zero-order valence-corrected chi connectivity index (χ0v) is 22.7. The lowest BCUT2D eigenvalue weighted by molar-refractivity contribution is -0.104. The van der Waals surface area contributed by atoms with Crippen LogP contribution in [0.15, 0.2) is 73.2 Å². The normalized spacial score (nSPS) is 15.1. The van der Waals surface area contributed by atoms with Gasteiger partial charge in [-0.05, 0) is 75.5 Å². The van der Waals surface area contributed by atoms with Crippen LogP contribution < -0.4 is 15.1 Å². The lowest BCUT2D eigenvalue weighted by atomic mass is 10.1. The number of piperidine rings is 1. The minimum Gasteiger partial charge on any atom is -0.382 e. The van der Waals surface area contributed by atoms with Gasteiger partial charge in [0, 0.05) is 53.5 Å². The molecular weight excluding hydrogens is 488 g/mol. The minimum absolute atomic E-state index is 0.499. The molecule has 1 aliphatic rings. The molecule has 5 rings (SSSR count). The molecular formula is C30H35N8O+. The third-order valence-corrected chi connectivity index (χ3v) is 7.19. The molecule has 4 aromatic rings. The molecule has 3 aromatic heterocycles. The van der Waals surface area contributed by atoms with E-state index in [1.807, 2.05) is 36.4 Å². The van der Waals surface area contributed by atoms with E-state index in [1.165, 1.54) is 6.08 Å². The fraction of sp³-hybridized carbons (Fsp3) is 0.300. The van der Waals surface area contributed by atoms with Crippen molar-refractivity contribution in [3.8, 4) is 11.4 Å². The molecule has 1 fully saturated rings. The number of nitrogens with one attached hydrogen (secondary N) is 2. The number of carbonyl (C=O) groups excluding carboxylic acids is 1. The highest BCUT2D eigenvalue weighted by molar-refractivity contribution is 5.91. The maximum Gasteiger partial charge on any atom is 0.227 e. The predicted octanol–water partition coefficient (Wildman–Crippen LogP) is 4.66. The zero-order chi connectivity index (χ0) is 27.2. The number of aromatic nitrogens is 4. The molecule has 9 heteroatoms. The lowest BCUT2D eigenvalue weighted by Crippen LogP contribution is -2.40. The van der Waals surface area contributed by atoms with E-state index in [0.717, 1.165) is 65.9 Å². The molecule has 1 saturated heterocycles. The average molecular weight is 524 g/mol. The van der Waals surface area contributed by atoms with Crippen molar-refractivity contribution >= 4 is 40.2 Å². The number of allylic oxidation sites excluding steroid dienone is 1. The third-order valence-electron chi connectivity index (χ3n) is 7.19. The van der Waals surface area contributed by atoms with E-state index in [1.54, 1.807) is 18.6 Å². The highest BCUT2D eigenvalue weighted by Gasteiger charge is 2.20. The van der Waals surface area contributed by atoms with Crippen LogP contribution in [0.25, 0.3) is 22.3 Å². The Hall–Kier alpha value is -4.21. The number of pyridine rings is 2. The highest BCUT2D eigenvalue weighted by atomic mass is 16.1. The Labute approximate surface area is 229 Å². The maximum atomic E-state index is 10.7. The largest absolute Gasteiger partial charge is 0.382 e. The predicted molar refractivity (Wildman–Crippen MR) is 158 cm³/mol. The van der Waals surface area contributed by atoms with Crippen molar-refractivity contribution in [2.24, 2.45) is 0 Å². The second-order valence-corrected chi connectivity index (χ2v) is 10.5. The Balaban J connectivity index is 1.36. The molecule has 0 atom stereocenters. The number of fused-ring (bicyclic) bond motifs is 1. The van der Waals surface area contributed by atoms with Crippen molar-refractivity contribution in [2.45, 2.75) is 18.9 Å². The third kappa shape index (κ3) is 6.45. The molecule has 0 amide bonds. The number of nitrogens with zero attached hydrogens (tertiary/aromatic N) is 6. The Morgan fingerprint density at radius 1 is 1.00 bits per heavy atom. The fourth-order valence-electron chi connectivity index (χ4n) is 4.78. The molecule has 4 heterocycles. The molecule has 200 valence electrons. The number of hydrogen-bond acceptors (Lipinski definition) is 8. The van der Waals surface area contributed by atoms with E-state index in [0.29, 0.717) is 28.7 Å². The highest BCUT2D eigenvalue weighted by Crippen LogP contribution is 2.29. The van der Waals surface area contributed by atoms with Gasteiger partial charge >= 0.3 is 0 Å². The Morgan fingerprint density at radius 3 is 2.51 bits per heavy atom. The number of likely N-dealkylation sites (tertiary alicyclic amines) is 1. The van der Waals surface area contributed by atoms with Gasteiger partial charge in [-0.2, -0.15) is 0 Å². The first kappa shape index (κ1) is 26.4. The SMILES string of the molecule is CN1CCC(Nc2ccc(Nc3ncc4ccnc(-c5cc([N+](C)(C)C/C=C/C=O)ccn5)c4n3)cc2)CC1. The van der Waals surface area contributed by atoms with Gasteiger partial charge in [0.05, 0.1) is 19.8 Å². The van der Waals surface area contributed by atoms with E-state index >= 15 is 0 Å². The molecule has 9 nitrogen and oxygen atoms in total. The number of carbonyl (C=O) groups is 1. The zero-order valence-electron chi connectivity index (χ0n) is 22.7. The van der Waals surface area contributed by atoms with Gasteiger partial charge in [0.15, 0.2) is 0 Å². The minimum atomic E-state index is 0.499. The van der Waals surface area contributed by atoms with Crippen molar-refractivity contribution in [1.29, 1.82) is 0 Å². The summed E-state index contributed by atoms with van der Waals surface area (Å²) in [4.78, 5) is 31.7. The Kier molecular flexibility index (Phi) is 7.90. The fourth-order valence-corrected chi connectivity index (χ4v) is 4.78. The van der Waals surface area contributed by atoms with E-state index < -0.39 is 0 Å². The molecule has 0 saturated carbocycles. The molecule has 1 aliphatic heterocycles. The van der Waals surface area contributed by atoms with E-state index in [9.17, 15) is 4.79 Å². The molecule has 0 bridgehead atoms. The summed E-state index contributed by atoms with van der Waals surface area (Å²) in [6.45, 7) is 2.93. The summed E-state index contributed by atoms with van der Waals surface area (Å²) in [7, 11) is 6.35. The summed E-state index contributed by atoms with van der Waals surface area (Å²) in [5.74, 6) is 0.499. The Bertz CT molecular complexity index is 1460. The van der Waals surface area contributed by atoms with E-state index in [4.69, 9.17) is 4.98 Å². The van der Waals surface area contributed by atoms with Crippen molar-refractivity contribution < 1.29 is 4.79 Å². The summed E-state index contributed by atoms with van der Waals surface area (Å²) in [6, 6.07) is 14.7. The Morgan fingerprint density at radius 2 is 1.74 bits per heavy atom. The molecule has 0 aliphatic carbocycles. The standard InChI is InChI=1S/C30H35N8O/c1-37-16-12-25(13-17-37)34-23-6-8-24(9-7-23)35-30-33-21-22-10-14-32-29(28(22)36-30)27-20-26(11-15-31-27)38(2,3)18-4-5-19-39/h4-11,14-15,19-21,25,34H,12-13,16-18H2,1-3H3,(H,33,35,36)/q+1/b5-4+. The van der Waals surface area contributed by atoms with Crippen molar-refractivity contribution in [3.05, 3.63) is 73.2 Å². The maximum absolute atomic E-state index is 10.7. The second kappa shape index (κ2) is 11.7. The van der Waals surface area contributed by atoms with Crippen LogP contribution in [0.4, 0.5) is 23.0 Å². The van der Waals surface area contributed by atoms with Crippen molar-refractivity contribution in [1.82, 2.24) is 29.3 Å². The van der Waals surface area contributed by atoms with Crippen molar-refractivity contribution in [2.75, 3.05) is 51.4 Å². The first-order valence-corrected chi connectivity index (χ1v) is 13.3. The van der Waals surface area contributed by atoms with Crippen LogP contribution in [-0.4, -0.2) is 77.9 Å². The quantitative estimate of drug-likeness (QED) is 0.186. The average Bonchev–Trinajstić information content (AvgIpc) is 2.95. The molecule has 2 N–H and O–H groups in total. The first-order chi connectivity index (χ1) is 18.9. The van der Waals surface area contributed by atoms with E-state index in [2.05, 4.69) is 63.8 Å². The lowest BCUT2D eigenvalue weighted by Gasteiger charge is -2.30. The van der Waals surface area contributed by atoms with Crippen LogP contribution in [-0.2, 0) is 4.79 Å². The van der Waals surface area contributed by atoms with Crippen LogP contribution in [0, 0.1) is 0 Å². The van der Waals surface area contributed by atoms with Crippen LogP contribution in [0.1, 0.15) is 12.8 Å². The topological polar surface area (TPSA) is 95.9 Å². The number of benzene rings is 1. The molecule has 1 aromatic carbocycles. The van der Waals surface area contributed by atoms with Crippen LogP contribution in [0.5, 0.6) is 0 Å². The number of anilines is 3. The summed E-state index contributed by atoms with van der Waals surface area (Å²) < 4.78 is 0.565. The number of likely N-dealkylation sites (N-methyl/N-ethyl adjacent to an activating group) is 1. The second-order valence-electron chi connectivity index (χ2n) is 10.5. The number of aldehydes is 1. The van der Waals surface area contributed by atoms with Gasteiger partial charge in [-0.1, -0.05) is 0 Å². The summed E-state index contributed by atoms with van der Waals surface area (Å²) >= 11 is 0. The van der Waals surface area contributed by atoms with Gasteiger partial charge in [0.25, 0.3) is 0 Å². The van der Waals surface area contributed by atoms with Gasteiger partial charge in [0.1, 0.15) is 29.7 Å². The van der Waals surface area contributed by atoms with Crippen LogP contribution in [0.2, 0.25) is 0 Å². The van der Waals surface area contributed by atoms with Gasteiger partial charge in [-0.25, -0.2) is 9.97 Å². The van der Waals surface area contributed by atoms with Crippen molar-refractivity contribution in [3.63, 3.8) is 0 Å². The van der Waals surface area contributed by atoms with Gasteiger partial charge in [0.2, 0.25) is 5.95 Å². The summed E-state index contributed by atoms with van der Waals surface area (Å²) in [5.41, 5.74) is 5.24. The van der Waals surface area contributed by atoms with Gasteiger partial charge < -0.3 is 15.5 Å². The monoisotopic (exact) mass is 523 g/mol. The number of rotatable bonds is 9. The summed E-state index contributed by atoms with van der Waals surface area (Å²) in [5, 5.41) is 7.87. The summed E-state index contributed by atoms with van der Waals surface area (Å²) in [6.07, 6.45) is 11.9. The van der Waals surface area contributed by atoms with Gasteiger partial charge in [-0.3, -0.25) is 19.2 Å². The molecule has 0 radical (unpaired) electrons. The molecule has 39 heavy (non-hydrogen) atoms. The first-order valence-electron chi connectivity index (χ1n) is 13.3. The smallest absolute Gasteiger partial charge is 0.227 e. The van der Waals surface area contributed by atoms with Crippen LogP contribution in [0.3, 0.4) is 0 Å².